The van der Waals surface area contributed by atoms with E-state index in [1.165, 1.54) is 24.0 Å². The van der Waals surface area contributed by atoms with Crippen LogP contribution in [0.15, 0.2) is 53.4 Å². The quantitative estimate of drug-likeness (QED) is 0.742. The van der Waals surface area contributed by atoms with Gasteiger partial charge in [0.05, 0.1) is 9.64 Å². The summed E-state index contributed by atoms with van der Waals surface area (Å²) in [7, 11) is -3.41. The highest BCUT2D eigenvalue weighted by molar-refractivity contribution is 7.93. The molecule has 2 aromatic rings. The molecular formula is C21H21ClO2S. The summed E-state index contributed by atoms with van der Waals surface area (Å²) in [5.41, 5.74) is 2.52. The van der Waals surface area contributed by atoms with E-state index in [0.29, 0.717) is 28.2 Å². The predicted molar refractivity (Wildman–Crippen MR) is 99.7 cm³/mol. The van der Waals surface area contributed by atoms with Gasteiger partial charge in [0, 0.05) is 10.9 Å². The van der Waals surface area contributed by atoms with Gasteiger partial charge in [-0.1, -0.05) is 48.7 Å². The maximum atomic E-state index is 13.8. The summed E-state index contributed by atoms with van der Waals surface area (Å²) in [6.07, 6.45) is 5.27. The van der Waals surface area contributed by atoms with E-state index >= 15 is 0 Å². The van der Waals surface area contributed by atoms with Gasteiger partial charge in [-0.25, -0.2) is 8.42 Å². The van der Waals surface area contributed by atoms with Crippen LogP contribution in [0.3, 0.4) is 0 Å². The number of fused-ring (bicyclic) bond motifs is 6. The summed E-state index contributed by atoms with van der Waals surface area (Å²) >= 11 is 5.99. The van der Waals surface area contributed by atoms with Gasteiger partial charge in [0.1, 0.15) is 0 Å². The molecule has 0 N–H and O–H groups in total. The first-order valence-corrected chi connectivity index (χ1v) is 11.0. The zero-order valence-electron chi connectivity index (χ0n) is 14.0. The normalized spacial score (nSPS) is 33.1. The second kappa shape index (κ2) is 5.34. The summed E-state index contributed by atoms with van der Waals surface area (Å²) in [4.78, 5) is 0.429. The Morgan fingerprint density at radius 2 is 1.68 bits per heavy atom. The molecule has 0 saturated heterocycles. The van der Waals surface area contributed by atoms with Crippen LogP contribution in [0.4, 0.5) is 0 Å². The highest BCUT2D eigenvalue weighted by Crippen LogP contribution is 2.69. The van der Waals surface area contributed by atoms with Crippen molar-refractivity contribution in [2.45, 2.75) is 47.7 Å². The summed E-state index contributed by atoms with van der Waals surface area (Å²) in [6, 6.07) is 15.1. The molecule has 4 heteroatoms. The second-order valence-corrected chi connectivity index (χ2v) is 10.5. The van der Waals surface area contributed by atoms with E-state index in [9.17, 15) is 8.42 Å². The summed E-state index contributed by atoms with van der Waals surface area (Å²) in [5.74, 6) is 0.980. The van der Waals surface area contributed by atoms with Gasteiger partial charge in [0.2, 0.25) is 0 Å². The van der Waals surface area contributed by atoms with Crippen LogP contribution in [0.5, 0.6) is 0 Å². The summed E-state index contributed by atoms with van der Waals surface area (Å²) in [5, 5.41) is 0.576. The number of rotatable bonds is 2. The molecule has 4 atom stereocenters. The lowest BCUT2D eigenvalue weighted by atomic mass is 9.51. The van der Waals surface area contributed by atoms with Gasteiger partial charge in [-0.2, -0.15) is 0 Å². The molecule has 4 unspecified atom stereocenters. The minimum Gasteiger partial charge on any atom is -0.223 e. The molecule has 0 spiro atoms. The maximum Gasteiger partial charge on any atom is 0.185 e. The standard InChI is InChI=1S/C21H21ClO2S/c22-15-9-11-16(12-10-15)25(23,24)21-13-14-5-1-2-6-17(14)20(21)18-7-3-4-8-19(18)21/h1-2,5-6,9-12,18-20H,3-4,7-8,13H2. The molecule has 0 heterocycles. The third kappa shape index (κ3) is 1.94. The van der Waals surface area contributed by atoms with Crippen LogP contribution in [0.25, 0.3) is 0 Å². The molecule has 0 radical (unpaired) electrons. The third-order valence-electron chi connectivity index (χ3n) is 6.88. The lowest BCUT2D eigenvalue weighted by Gasteiger charge is -2.60. The molecular weight excluding hydrogens is 352 g/mol. The fourth-order valence-corrected chi connectivity index (χ4v) is 8.70. The van der Waals surface area contributed by atoms with Crippen LogP contribution in [0.1, 0.15) is 42.7 Å². The molecule has 3 aliphatic rings. The summed E-state index contributed by atoms with van der Waals surface area (Å²) < 4.78 is 27.0. The van der Waals surface area contributed by atoms with Crippen molar-refractivity contribution in [3.63, 3.8) is 0 Å². The van der Waals surface area contributed by atoms with Gasteiger partial charge in [-0.05, 0) is 66.5 Å². The number of halogens is 1. The highest BCUT2D eigenvalue weighted by atomic mass is 35.5. The maximum absolute atomic E-state index is 13.8. The first-order chi connectivity index (χ1) is 12.1. The van der Waals surface area contributed by atoms with Gasteiger partial charge in [-0.15, -0.1) is 0 Å². The molecule has 0 bridgehead atoms. The van der Waals surface area contributed by atoms with E-state index in [0.717, 1.165) is 12.8 Å². The first-order valence-electron chi connectivity index (χ1n) is 9.14. The lowest BCUT2D eigenvalue weighted by molar-refractivity contribution is 0.0284. The number of hydrogen-bond acceptors (Lipinski definition) is 2. The molecule has 5 rings (SSSR count). The van der Waals surface area contributed by atoms with Crippen molar-refractivity contribution < 1.29 is 8.42 Å². The second-order valence-electron chi connectivity index (χ2n) is 7.82. The van der Waals surface area contributed by atoms with E-state index in [2.05, 4.69) is 18.2 Å². The molecule has 0 aromatic heterocycles. The van der Waals surface area contributed by atoms with Crippen molar-refractivity contribution in [2.75, 3.05) is 0 Å². The molecule has 3 aliphatic carbocycles. The van der Waals surface area contributed by atoms with Gasteiger partial charge < -0.3 is 0 Å². The Morgan fingerprint density at radius 3 is 2.48 bits per heavy atom. The smallest absolute Gasteiger partial charge is 0.185 e. The lowest BCUT2D eigenvalue weighted by Crippen LogP contribution is -2.64. The number of sulfone groups is 1. The third-order valence-corrected chi connectivity index (χ3v) is 9.73. The zero-order valence-corrected chi connectivity index (χ0v) is 15.6. The molecule has 2 fully saturated rings. The van der Waals surface area contributed by atoms with Crippen LogP contribution < -0.4 is 0 Å². The van der Waals surface area contributed by atoms with E-state index in [4.69, 9.17) is 11.6 Å². The van der Waals surface area contributed by atoms with Crippen molar-refractivity contribution in [1.82, 2.24) is 0 Å². The molecule has 130 valence electrons. The van der Waals surface area contributed by atoms with E-state index in [1.54, 1.807) is 24.3 Å². The van der Waals surface area contributed by atoms with Crippen molar-refractivity contribution in [3.8, 4) is 0 Å². The minimum atomic E-state index is -3.41. The molecule has 0 aliphatic heterocycles. The Morgan fingerprint density at radius 1 is 0.960 bits per heavy atom. The average molecular weight is 373 g/mol. The zero-order chi connectivity index (χ0) is 17.2. The Kier molecular flexibility index (Phi) is 3.40. The molecule has 2 saturated carbocycles. The SMILES string of the molecule is O=S(=O)(c1ccc(Cl)cc1)C12Cc3ccccc3C1C1CCCCC12. The van der Waals surface area contributed by atoms with Crippen LogP contribution in [0, 0.1) is 11.8 Å². The Bertz CT molecular complexity index is 935. The van der Waals surface area contributed by atoms with E-state index < -0.39 is 14.6 Å². The van der Waals surface area contributed by atoms with Crippen molar-refractivity contribution in [1.29, 1.82) is 0 Å². The Labute approximate surface area is 154 Å². The molecule has 2 nitrogen and oxygen atoms in total. The van der Waals surface area contributed by atoms with Gasteiger partial charge in [-0.3, -0.25) is 0 Å². The Hall–Kier alpha value is -1.32. The first kappa shape index (κ1) is 15.9. The van der Waals surface area contributed by atoms with Crippen LogP contribution >= 0.6 is 11.6 Å². The predicted octanol–water partition coefficient (Wildman–Crippen LogP) is 5.01. The van der Waals surface area contributed by atoms with Gasteiger partial charge in [0.25, 0.3) is 0 Å². The van der Waals surface area contributed by atoms with Crippen molar-refractivity contribution >= 4 is 21.4 Å². The molecule has 25 heavy (non-hydrogen) atoms. The average Bonchev–Trinajstić information content (AvgIpc) is 2.92. The van der Waals surface area contributed by atoms with Gasteiger partial charge >= 0.3 is 0 Å². The van der Waals surface area contributed by atoms with E-state index in [-0.39, 0.29) is 5.92 Å². The van der Waals surface area contributed by atoms with Crippen LogP contribution in [0.2, 0.25) is 5.02 Å². The topological polar surface area (TPSA) is 34.1 Å². The van der Waals surface area contributed by atoms with Crippen molar-refractivity contribution in [3.05, 3.63) is 64.7 Å². The van der Waals surface area contributed by atoms with Crippen LogP contribution in [-0.2, 0) is 16.3 Å². The monoisotopic (exact) mass is 372 g/mol. The van der Waals surface area contributed by atoms with Crippen molar-refractivity contribution in [2.24, 2.45) is 11.8 Å². The minimum absolute atomic E-state index is 0.162. The molecule has 2 aromatic carbocycles. The summed E-state index contributed by atoms with van der Waals surface area (Å²) in [6.45, 7) is 0. The fourth-order valence-electron chi connectivity index (χ4n) is 5.97. The van der Waals surface area contributed by atoms with Gasteiger partial charge in [0.15, 0.2) is 9.84 Å². The fraction of sp³-hybridized carbons (Fsp3) is 0.429. The largest absolute Gasteiger partial charge is 0.223 e. The number of hydrogen-bond donors (Lipinski definition) is 0. The molecule has 0 amide bonds. The highest BCUT2D eigenvalue weighted by Gasteiger charge is 2.71. The van der Waals surface area contributed by atoms with Crippen LogP contribution in [-0.4, -0.2) is 13.2 Å². The number of benzene rings is 2. The van der Waals surface area contributed by atoms with E-state index in [1.807, 2.05) is 6.07 Å². The Balaban J connectivity index is 1.69.